The van der Waals surface area contributed by atoms with E-state index in [-0.39, 0.29) is 23.2 Å². The minimum atomic E-state index is -0.816. The first-order valence-electron chi connectivity index (χ1n) is 7.55. The Morgan fingerprint density at radius 2 is 2.33 bits per heavy atom. The van der Waals surface area contributed by atoms with E-state index in [1.165, 1.54) is 6.20 Å². The number of carboxylic acids is 1. The number of aromatic amines is 1. The zero-order chi connectivity index (χ0) is 17.3. The Labute approximate surface area is 137 Å². The normalized spacial score (nSPS) is 23.5. The number of nitrogen functional groups attached to an aromatic ring is 1. The number of nitrogens with two attached hydrogens (primary N) is 1. The van der Waals surface area contributed by atoms with Crippen molar-refractivity contribution in [2.45, 2.75) is 32.4 Å². The largest absolute Gasteiger partial charge is 0.481 e. The lowest BCUT2D eigenvalue weighted by Gasteiger charge is -2.28. The van der Waals surface area contributed by atoms with Crippen molar-refractivity contribution in [3.8, 4) is 0 Å². The third-order valence-corrected chi connectivity index (χ3v) is 4.19. The van der Waals surface area contributed by atoms with Gasteiger partial charge >= 0.3 is 5.97 Å². The molecule has 1 aliphatic rings. The van der Waals surface area contributed by atoms with Gasteiger partial charge in [0.15, 0.2) is 11.2 Å². The van der Waals surface area contributed by atoms with E-state index < -0.39 is 16.9 Å². The molecule has 24 heavy (non-hydrogen) atoms. The number of nitrogens with zero attached hydrogens (tertiary/aromatic N) is 3. The monoisotopic (exact) mass is 330 g/mol. The van der Waals surface area contributed by atoms with Crippen molar-refractivity contribution in [2.75, 3.05) is 5.73 Å². The average Bonchev–Trinajstić information content (AvgIpc) is 2.54. The molecule has 0 fully saturated rings. The number of fused-ring (bicyclic) bond motifs is 1. The van der Waals surface area contributed by atoms with Crippen LogP contribution in [0, 0.1) is 5.41 Å². The molecule has 0 radical (unpaired) electrons. The van der Waals surface area contributed by atoms with E-state index >= 15 is 0 Å². The number of hydrogen-bond acceptors (Lipinski definition) is 7. The van der Waals surface area contributed by atoms with Gasteiger partial charge in [0.25, 0.3) is 5.56 Å². The fraction of sp³-hybridized carbons (Fsp3) is 0.400. The van der Waals surface area contributed by atoms with Gasteiger partial charge in [0.05, 0.1) is 17.3 Å². The van der Waals surface area contributed by atoms with Crippen molar-refractivity contribution < 1.29 is 9.90 Å². The summed E-state index contributed by atoms with van der Waals surface area (Å²) in [7, 11) is 0. The maximum Gasteiger partial charge on any atom is 0.313 e. The van der Waals surface area contributed by atoms with Gasteiger partial charge in [-0.25, -0.2) is 9.97 Å². The number of carbonyl (C=O) groups is 1. The van der Waals surface area contributed by atoms with E-state index in [2.05, 4.69) is 25.3 Å². The third kappa shape index (κ3) is 3.11. The SMILES string of the molecule is CC1(C(=O)O)C=CC(NCc2cnc3nc(N)[nH]c(=O)c3n2)CC1. The first-order valence-corrected chi connectivity index (χ1v) is 7.55. The second-order valence-corrected chi connectivity index (χ2v) is 6.09. The van der Waals surface area contributed by atoms with Crippen LogP contribution < -0.4 is 16.6 Å². The van der Waals surface area contributed by atoms with E-state index in [1.54, 1.807) is 13.0 Å². The molecular formula is C15H18N6O3. The Morgan fingerprint density at radius 3 is 3.00 bits per heavy atom. The number of anilines is 1. The predicted octanol–water partition coefficient (Wildman–Crippen LogP) is 0.194. The van der Waals surface area contributed by atoms with Crippen molar-refractivity contribution in [1.82, 2.24) is 25.3 Å². The molecule has 0 saturated heterocycles. The Kier molecular flexibility index (Phi) is 4.02. The number of aliphatic carboxylic acids is 1. The van der Waals surface area contributed by atoms with Gasteiger partial charge in [-0.15, -0.1) is 0 Å². The standard InChI is InChI=1S/C15H18N6O3/c1-15(13(23)24)4-2-8(3-5-15)17-6-9-7-18-11-10(19-9)12(22)21-14(16)20-11/h2,4,7-8,17H,3,5-6H2,1H3,(H,23,24)(H3,16,18,20,21,22). The van der Waals surface area contributed by atoms with Gasteiger partial charge in [0, 0.05) is 12.6 Å². The Bertz CT molecular complexity index is 877. The van der Waals surface area contributed by atoms with Crippen molar-refractivity contribution in [2.24, 2.45) is 5.41 Å². The fourth-order valence-corrected chi connectivity index (χ4v) is 2.60. The molecular weight excluding hydrogens is 312 g/mol. The van der Waals surface area contributed by atoms with Crippen LogP contribution in [0.4, 0.5) is 5.95 Å². The first-order chi connectivity index (χ1) is 11.4. The second kappa shape index (κ2) is 6.00. The van der Waals surface area contributed by atoms with Crippen LogP contribution >= 0.6 is 0 Å². The molecule has 1 aliphatic carbocycles. The molecule has 2 aromatic heterocycles. The van der Waals surface area contributed by atoms with Crippen LogP contribution in [-0.2, 0) is 11.3 Å². The summed E-state index contributed by atoms with van der Waals surface area (Å²) in [6.07, 6.45) is 6.39. The van der Waals surface area contributed by atoms with Gasteiger partial charge in [0.1, 0.15) is 0 Å². The molecule has 126 valence electrons. The van der Waals surface area contributed by atoms with Crippen LogP contribution in [0.1, 0.15) is 25.5 Å². The first kappa shape index (κ1) is 16.1. The number of hydrogen-bond donors (Lipinski definition) is 4. The maximum absolute atomic E-state index is 11.8. The number of carboxylic acid groups (broad SMARTS) is 1. The molecule has 2 unspecified atom stereocenters. The molecule has 2 atom stereocenters. The van der Waals surface area contributed by atoms with E-state index in [4.69, 9.17) is 5.73 Å². The highest BCUT2D eigenvalue weighted by Gasteiger charge is 2.33. The highest BCUT2D eigenvalue weighted by atomic mass is 16.4. The van der Waals surface area contributed by atoms with Crippen molar-refractivity contribution >= 4 is 23.1 Å². The molecule has 0 spiro atoms. The van der Waals surface area contributed by atoms with Crippen LogP contribution in [0.2, 0.25) is 0 Å². The van der Waals surface area contributed by atoms with Crippen molar-refractivity contribution in [1.29, 1.82) is 0 Å². The molecule has 9 heteroatoms. The predicted molar refractivity (Wildman–Crippen MR) is 87.1 cm³/mol. The van der Waals surface area contributed by atoms with Crippen molar-refractivity contribution in [3.63, 3.8) is 0 Å². The summed E-state index contributed by atoms with van der Waals surface area (Å²) in [6.45, 7) is 2.12. The number of nitrogens with one attached hydrogen (secondary N) is 2. The molecule has 0 aliphatic heterocycles. The molecule has 0 bridgehead atoms. The molecule has 2 heterocycles. The summed E-state index contributed by atoms with van der Waals surface area (Å²) >= 11 is 0. The highest BCUT2D eigenvalue weighted by Crippen LogP contribution is 2.30. The molecule has 0 saturated carbocycles. The Hall–Kier alpha value is -2.81. The van der Waals surface area contributed by atoms with Crippen LogP contribution in [0.3, 0.4) is 0 Å². The Balaban J connectivity index is 1.71. The zero-order valence-corrected chi connectivity index (χ0v) is 13.1. The summed E-state index contributed by atoms with van der Waals surface area (Å²) in [5, 5.41) is 12.5. The van der Waals surface area contributed by atoms with Gasteiger partial charge in [-0.1, -0.05) is 12.2 Å². The van der Waals surface area contributed by atoms with Gasteiger partial charge in [0.2, 0.25) is 5.95 Å². The van der Waals surface area contributed by atoms with E-state index in [9.17, 15) is 14.7 Å². The second-order valence-electron chi connectivity index (χ2n) is 6.09. The topological polar surface area (TPSA) is 147 Å². The maximum atomic E-state index is 11.8. The lowest BCUT2D eigenvalue weighted by Crippen LogP contribution is -2.36. The van der Waals surface area contributed by atoms with E-state index in [0.717, 1.165) is 0 Å². The van der Waals surface area contributed by atoms with Crippen LogP contribution in [0.5, 0.6) is 0 Å². The summed E-state index contributed by atoms with van der Waals surface area (Å²) < 4.78 is 0. The van der Waals surface area contributed by atoms with Gasteiger partial charge < -0.3 is 16.2 Å². The van der Waals surface area contributed by atoms with E-state index in [1.807, 2.05) is 6.08 Å². The molecule has 0 amide bonds. The molecule has 3 rings (SSSR count). The number of rotatable bonds is 4. The van der Waals surface area contributed by atoms with Gasteiger partial charge in [-0.3, -0.25) is 14.6 Å². The number of aromatic nitrogens is 4. The Morgan fingerprint density at radius 1 is 1.54 bits per heavy atom. The summed E-state index contributed by atoms with van der Waals surface area (Å²) in [4.78, 5) is 37.7. The summed E-state index contributed by atoms with van der Waals surface area (Å²) in [6, 6.07) is 0.0535. The van der Waals surface area contributed by atoms with Gasteiger partial charge in [-0.2, -0.15) is 4.98 Å². The third-order valence-electron chi connectivity index (χ3n) is 4.19. The lowest BCUT2D eigenvalue weighted by atomic mass is 9.79. The zero-order valence-electron chi connectivity index (χ0n) is 13.1. The smallest absolute Gasteiger partial charge is 0.313 e. The van der Waals surface area contributed by atoms with Crippen LogP contribution in [0.25, 0.3) is 11.2 Å². The van der Waals surface area contributed by atoms with E-state index in [0.29, 0.717) is 25.1 Å². The summed E-state index contributed by atoms with van der Waals surface area (Å²) in [5.74, 6) is -0.815. The lowest BCUT2D eigenvalue weighted by molar-refractivity contribution is -0.145. The quantitative estimate of drug-likeness (QED) is 0.581. The number of H-pyrrole nitrogens is 1. The summed E-state index contributed by atoms with van der Waals surface area (Å²) in [5.41, 5.74) is 5.17. The van der Waals surface area contributed by atoms with Crippen LogP contribution in [0.15, 0.2) is 23.1 Å². The fourth-order valence-electron chi connectivity index (χ4n) is 2.60. The minimum absolute atomic E-state index is 0.00139. The molecule has 5 N–H and O–H groups in total. The van der Waals surface area contributed by atoms with Crippen LogP contribution in [-0.4, -0.2) is 37.1 Å². The van der Waals surface area contributed by atoms with Gasteiger partial charge in [-0.05, 0) is 19.8 Å². The van der Waals surface area contributed by atoms with Crippen molar-refractivity contribution in [3.05, 3.63) is 34.4 Å². The molecule has 0 aromatic carbocycles. The highest BCUT2D eigenvalue weighted by molar-refractivity contribution is 5.76. The average molecular weight is 330 g/mol. The molecule has 2 aromatic rings. The minimum Gasteiger partial charge on any atom is -0.481 e. The molecule has 9 nitrogen and oxygen atoms in total.